The number of aromatic nitrogens is 2. The third-order valence-electron chi connectivity index (χ3n) is 5.23. The summed E-state index contributed by atoms with van der Waals surface area (Å²) in [6.07, 6.45) is 0.894. The summed E-state index contributed by atoms with van der Waals surface area (Å²) in [6.45, 7) is 9.65. The number of hydrogen-bond donors (Lipinski definition) is 0. The summed E-state index contributed by atoms with van der Waals surface area (Å²) >= 11 is 1.59. The molecule has 0 atom stereocenters. The average Bonchev–Trinajstić information content (AvgIpc) is 3.18. The average molecular weight is 416 g/mol. The van der Waals surface area contributed by atoms with Gasteiger partial charge in [-0.25, -0.2) is 4.98 Å². The maximum atomic E-state index is 13.4. The molecule has 0 fully saturated rings. The van der Waals surface area contributed by atoms with Crippen LogP contribution in [0.2, 0.25) is 0 Å². The predicted molar refractivity (Wildman–Crippen MR) is 120 cm³/mol. The number of methoxy groups -OCH3 is 2. The van der Waals surface area contributed by atoms with Gasteiger partial charge in [-0.1, -0.05) is 20.8 Å². The van der Waals surface area contributed by atoms with Crippen molar-refractivity contribution in [2.24, 2.45) is 0 Å². The van der Waals surface area contributed by atoms with Gasteiger partial charge >= 0.3 is 0 Å². The van der Waals surface area contributed by atoms with Gasteiger partial charge in [-0.2, -0.15) is 0 Å². The van der Waals surface area contributed by atoms with Crippen molar-refractivity contribution in [3.8, 4) is 22.9 Å². The molecule has 0 bridgehead atoms. The van der Waals surface area contributed by atoms with Crippen LogP contribution in [0.3, 0.4) is 0 Å². The Morgan fingerprint density at radius 2 is 1.79 bits per heavy atom. The number of thiophene rings is 1. The molecule has 2 heterocycles. The van der Waals surface area contributed by atoms with E-state index >= 15 is 0 Å². The summed E-state index contributed by atoms with van der Waals surface area (Å²) < 4.78 is 12.6. The quantitative estimate of drug-likeness (QED) is 0.528. The van der Waals surface area contributed by atoms with Crippen LogP contribution in [0.15, 0.2) is 29.1 Å². The first kappa shape index (κ1) is 21.3. The maximum Gasteiger partial charge on any atom is 0.262 e. The Bertz CT molecular complexity index is 1040. The van der Waals surface area contributed by atoms with Gasteiger partial charge in [-0.05, 0) is 43.8 Å². The van der Waals surface area contributed by atoms with E-state index in [1.807, 2.05) is 24.3 Å². The minimum atomic E-state index is 0.0166. The van der Waals surface area contributed by atoms with Crippen LogP contribution < -0.4 is 15.0 Å². The second kappa shape index (κ2) is 9.41. The van der Waals surface area contributed by atoms with Crippen LogP contribution in [0.4, 0.5) is 0 Å². The lowest BCUT2D eigenvalue weighted by molar-refractivity contribution is 0.289. The minimum absolute atomic E-state index is 0.0166. The van der Waals surface area contributed by atoms with Gasteiger partial charge in [-0.15, -0.1) is 11.3 Å². The fraction of sp³-hybridized carbons (Fsp3) is 0.455. The van der Waals surface area contributed by atoms with Gasteiger partial charge < -0.3 is 14.4 Å². The van der Waals surface area contributed by atoms with E-state index in [4.69, 9.17) is 14.5 Å². The van der Waals surface area contributed by atoms with Crippen molar-refractivity contribution in [3.63, 3.8) is 0 Å². The molecule has 0 unspecified atom stereocenters. The highest BCUT2D eigenvalue weighted by Gasteiger charge is 2.17. The fourth-order valence-electron chi connectivity index (χ4n) is 3.42. The molecule has 0 saturated carbocycles. The van der Waals surface area contributed by atoms with Gasteiger partial charge in [0.05, 0.1) is 19.6 Å². The van der Waals surface area contributed by atoms with E-state index < -0.39 is 0 Å². The molecule has 0 amide bonds. The summed E-state index contributed by atoms with van der Waals surface area (Å²) in [5.41, 5.74) is 0.857. The Labute approximate surface area is 175 Å². The number of fused-ring (bicyclic) bond motifs is 1. The molecule has 3 aromatic rings. The van der Waals surface area contributed by atoms with Gasteiger partial charge in [0.15, 0.2) is 11.5 Å². The van der Waals surface area contributed by atoms with Crippen LogP contribution in [0.1, 0.15) is 25.6 Å². The lowest BCUT2D eigenvalue weighted by atomic mass is 10.1. The topological polar surface area (TPSA) is 56.6 Å². The zero-order valence-corrected chi connectivity index (χ0v) is 18.6. The molecule has 29 heavy (non-hydrogen) atoms. The number of hydrogen-bond acceptors (Lipinski definition) is 6. The molecule has 0 aliphatic heterocycles. The fourth-order valence-corrected chi connectivity index (χ4v) is 4.38. The van der Waals surface area contributed by atoms with Crippen molar-refractivity contribution < 1.29 is 9.47 Å². The predicted octanol–water partition coefficient (Wildman–Crippen LogP) is 4.05. The van der Waals surface area contributed by atoms with Crippen molar-refractivity contribution in [1.29, 1.82) is 0 Å². The van der Waals surface area contributed by atoms with Crippen LogP contribution in [0.5, 0.6) is 11.5 Å². The number of ether oxygens (including phenoxy) is 2. The van der Waals surface area contributed by atoms with Gasteiger partial charge in [0.25, 0.3) is 5.56 Å². The second-order valence-corrected chi connectivity index (χ2v) is 7.89. The Kier molecular flexibility index (Phi) is 6.92. The molecule has 2 aromatic heterocycles. The molecule has 7 heteroatoms. The van der Waals surface area contributed by atoms with E-state index in [0.29, 0.717) is 29.3 Å². The lowest BCUT2D eigenvalue weighted by Crippen LogP contribution is -2.32. The number of benzene rings is 1. The number of likely N-dealkylation sites (N-methyl/N-ethyl adjacent to an activating group) is 1. The third kappa shape index (κ3) is 4.31. The molecule has 0 aliphatic rings. The molecule has 6 nitrogen and oxygen atoms in total. The molecule has 0 spiro atoms. The highest BCUT2D eigenvalue weighted by Crippen LogP contribution is 2.32. The van der Waals surface area contributed by atoms with Crippen LogP contribution in [-0.2, 0) is 13.0 Å². The summed E-state index contributed by atoms with van der Waals surface area (Å²) in [5.74, 6) is 1.94. The second-order valence-electron chi connectivity index (χ2n) is 6.77. The van der Waals surface area contributed by atoms with Crippen LogP contribution in [-0.4, -0.2) is 48.3 Å². The molecule has 0 aliphatic carbocycles. The molecule has 156 valence electrons. The molecule has 1 aromatic carbocycles. The molecule has 0 radical (unpaired) electrons. The molecular weight excluding hydrogens is 386 g/mol. The smallest absolute Gasteiger partial charge is 0.262 e. The van der Waals surface area contributed by atoms with Crippen molar-refractivity contribution in [2.75, 3.05) is 33.9 Å². The highest BCUT2D eigenvalue weighted by molar-refractivity contribution is 7.18. The number of rotatable bonds is 9. The van der Waals surface area contributed by atoms with Crippen molar-refractivity contribution in [1.82, 2.24) is 14.5 Å². The van der Waals surface area contributed by atoms with E-state index in [1.165, 1.54) is 4.88 Å². The summed E-state index contributed by atoms with van der Waals surface area (Å²) in [5, 5.41) is 0.704. The highest BCUT2D eigenvalue weighted by atomic mass is 32.1. The van der Waals surface area contributed by atoms with E-state index in [2.05, 4.69) is 25.7 Å². The SMILES string of the molecule is CCc1cc2c(=O)n(CCN(CC)CC)c(-c3ccc(OC)c(OC)c3)nc2s1. The largest absolute Gasteiger partial charge is 0.493 e. The van der Waals surface area contributed by atoms with Gasteiger partial charge in [0.2, 0.25) is 0 Å². The first-order valence-electron chi connectivity index (χ1n) is 10.0. The van der Waals surface area contributed by atoms with E-state index in [9.17, 15) is 4.79 Å². The maximum absolute atomic E-state index is 13.4. The van der Waals surface area contributed by atoms with Gasteiger partial charge in [0, 0.05) is 23.5 Å². The first-order chi connectivity index (χ1) is 14.1. The van der Waals surface area contributed by atoms with E-state index in [0.717, 1.165) is 36.4 Å². The van der Waals surface area contributed by atoms with Gasteiger partial charge in [-0.3, -0.25) is 9.36 Å². The lowest BCUT2D eigenvalue weighted by Gasteiger charge is -2.20. The van der Waals surface area contributed by atoms with Crippen LogP contribution in [0, 0.1) is 0 Å². The zero-order chi connectivity index (χ0) is 21.0. The Morgan fingerprint density at radius 1 is 1.07 bits per heavy atom. The third-order valence-corrected chi connectivity index (χ3v) is 6.40. The van der Waals surface area contributed by atoms with E-state index in [1.54, 1.807) is 30.1 Å². The Morgan fingerprint density at radius 3 is 2.41 bits per heavy atom. The van der Waals surface area contributed by atoms with Crippen LogP contribution in [0.25, 0.3) is 21.6 Å². The molecular formula is C22H29N3O3S. The van der Waals surface area contributed by atoms with Crippen molar-refractivity contribution in [3.05, 3.63) is 39.5 Å². The Hall–Kier alpha value is -2.38. The van der Waals surface area contributed by atoms with Crippen molar-refractivity contribution in [2.45, 2.75) is 33.7 Å². The summed E-state index contributed by atoms with van der Waals surface area (Å²) in [7, 11) is 3.22. The molecule has 0 N–H and O–H groups in total. The standard InChI is InChI=1S/C22H29N3O3S/c1-6-16-14-17-21(29-16)23-20(15-9-10-18(27-4)19(13-15)28-5)25(22(17)26)12-11-24(7-2)8-3/h9-10,13-14H,6-8,11-12H2,1-5H3. The minimum Gasteiger partial charge on any atom is -0.493 e. The number of aryl methyl sites for hydroxylation is 1. The molecule has 0 saturated heterocycles. The monoisotopic (exact) mass is 415 g/mol. The van der Waals surface area contributed by atoms with Gasteiger partial charge in [0.1, 0.15) is 10.7 Å². The molecule has 3 rings (SSSR count). The van der Waals surface area contributed by atoms with E-state index in [-0.39, 0.29) is 5.56 Å². The first-order valence-corrected chi connectivity index (χ1v) is 10.9. The van der Waals surface area contributed by atoms with Crippen molar-refractivity contribution >= 4 is 21.6 Å². The summed E-state index contributed by atoms with van der Waals surface area (Å²) in [4.78, 5) is 22.5. The zero-order valence-electron chi connectivity index (χ0n) is 17.8. The Balaban J connectivity index is 2.17. The summed E-state index contributed by atoms with van der Waals surface area (Å²) in [6, 6.07) is 7.65. The normalized spacial score (nSPS) is 11.4. The van der Waals surface area contributed by atoms with Crippen LogP contribution >= 0.6 is 11.3 Å². The number of nitrogens with zero attached hydrogens (tertiary/aromatic N) is 3.